The first kappa shape index (κ1) is 17.9. The summed E-state index contributed by atoms with van der Waals surface area (Å²) in [5.41, 5.74) is 7.31. The van der Waals surface area contributed by atoms with Crippen molar-refractivity contribution in [1.82, 2.24) is 0 Å². The molecule has 22 heavy (non-hydrogen) atoms. The lowest BCUT2D eigenvalue weighted by molar-refractivity contribution is -0.117. The van der Waals surface area contributed by atoms with Crippen molar-refractivity contribution < 1.29 is 14.7 Å². The topological polar surface area (TPSA) is 117 Å². The molecule has 1 heterocycles. The molecule has 1 amide bonds. The van der Waals surface area contributed by atoms with Crippen molar-refractivity contribution >= 4 is 22.6 Å². The monoisotopic (exact) mass is 306 g/mol. The van der Waals surface area contributed by atoms with Gasteiger partial charge in [0.2, 0.25) is 5.91 Å². The van der Waals surface area contributed by atoms with Gasteiger partial charge < -0.3 is 20.9 Å². The van der Waals surface area contributed by atoms with Crippen molar-refractivity contribution in [2.24, 2.45) is 11.7 Å². The van der Waals surface area contributed by atoms with E-state index in [1.807, 2.05) is 26.8 Å². The van der Waals surface area contributed by atoms with Crippen LogP contribution in [0.3, 0.4) is 0 Å². The molecule has 0 aliphatic rings. The van der Waals surface area contributed by atoms with Crippen LogP contribution in [0.25, 0.3) is 11.0 Å². The maximum absolute atomic E-state index is 12.0. The number of carbonyl (C=O) groups excluding carboxylic acids is 1. The van der Waals surface area contributed by atoms with E-state index in [0.29, 0.717) is 23.6 Å². The third kappa shape index (κ3) is 4.16. The fourth-order valence-corrected chi connectivity index (χ4v) is 2.25. The zero-order valence-corrected chi connectivity index (χ0v) is 13.0. The van der Waals surface area contributed by atoms with E-state index in [4.69, 9.17) is 10.2 Å². The first-order valence-electron chi connectivity index (χ1n) is 6.98. The molecule has 0 spiro atoms. The number of carbonyl (C=O) groups is 1. The highest BCUT2D eigenvalue weighted by Crippen LogP contribution is 2.21. The number of benzene rings is 1. The Morgan fingerprint density at radius 2 is 2.00 bits per heavy atom. The summed E-state index contributed by atoms with van der Waals surface area (Å²) in [5, 5.41) is 3.60. The second kappa shape index (κ2) is 7.20. The number of hydrogen-bond acceptors (Lipinski definition) is 4. The standard InChI is InChI=1S/C16H20N2O3.H2O/c1-9(2)6-13(17)16(20)18-11-4-5-12-10(3)7-15(19)21-14(12)8-11;/h4-5,7-9,13H,6,17H2,1-3H3,(H,18,20);1H2/t13-;/m0./s1. The van der Waals surface area contributed by atoms with E-state index in [1.165, 1.54) is 6.07 Å². The van der Waals surface area contributed by atoms with E-state index < -0.39 is 11.7 Å². The van der Waals surface area contributed by atoms with E-state index in [9.17, 15) is 9.59 Å². The lowest BCUT2D eigenvalue weighted by atomic mass is 10.0. The van der Waals surface area contributed by atoms with Gasteiger partial charge in [0.25, 0.3) is 0 Å². The van der Waals surface area contributed by atoms with Crippen molar-refractivity contribution in [2.45, 2.75) is 33.2 Å². The Labute approximate surface area is 128 Å². The van der Waals surface area contributed by atoms with Crippen LogP contribution in [-0.4, -0.2) is 17.4 Å². The fraction of sp³-hybridized carbons (Fsp3) is 0.375. The van der Waals surface area contributed by atoms with Gasteiger partial charge in [0.1, 0.15) is 5.58 Å². The summed E-state index contributed by atoms with van der Waals surface area (Å²) in [4.78, 5) is 23.4. The van der Waals surface area contributed by atoms with Crippen LogP contribution >= 0.6 is 0 Å². The SMILES string of the molecule is Cc1cc(=O)oc2cc(NC(=O)[C@@H](N)CC(C)C)ccc12.O. The highest BCUT2D eigenvalue weighted by atomic mass is 16.4. The third-order valence-corrected chi connectivity index (χ3v) is 3.28. The van der Waals surface area contributed by atoms with Crippen LogP contribution in [0.15, 0.2) is 33.5 Å². The molecule has 2 rings (SSSR count). The summed E-state index contributed by atoms with van der Waals surface area (Å²) < 4.78 is 5.15. The molecule has 0 aliphatic heterocycles. The van der Waals surface area contributed by atoms with Crippen LogP contribution in [0.5, 0.6) is 0 Å². The summed E-state index contributed by atoms with van der Waals surface area (Å²) in [5.74, 6) is 0.112. The van der Waals surface area contributed by atoms with Crippen molar-refractivity contribution in [3.63, 3.8) is 0 Å². The maximum Gasteiger partial charge on any atom is 0.336 e. The number of rotatable bonds is 4. The molecule has 0 bridgehead atoms. The minimum atomic E-state index is -0.551. The van der Waals surface area contributed by atoms with E-state index in [-0.39, 0.29) is 11.4 Å². The van der Waals surface area contributed by atoms with Gasteiger partial charge >= 0.3 is 5.63 Å². The average Bonchev–Trinajstić information content (AvgIpc) is 2.37. The number of aryl methyl sites for hydroxylation is 1. The predicted octanol–water partition coefficient (Wildman–Crippen LogP) is 1.59. The lowest BCUT2D eigenvalue weighted by Crippen LogP contribution is -2.36. The highest BCUT2D eigenvalue weighted by Gasteiger charge is 2.15. The molecular formula is C16H22N2O4. The highest BCUT2D eigenvalue weighted by molar-refractivity contribution is 5.96. The van der Waals surface area contributed by atoms with Gasteiger partial charge in [0.15, 0.2) is 0 Å². The quantitative estimate of drug-likeness (QED) is 0.834. The largest absolute Gasteiger partial charge is 0.423 e. The maximum atomic E-state index is 12.0. The molecule has 6 heteroatoms. The minimum absolute atomic E-state index is 0. The number of fused-ring (bicyclic) bond motifs is 1. The molecule has 1 aromatic heterocycles. The molecular weight excluding hydrogens is 284 g/mol. The zero-order chi connectivity index (χ0) is 15.6. The molecule has 0 unspecified atom stereocenters. The zero-order valence-electron chi connectivity index (χ0n) is 13.0. The van der Waals surface area contributed by atoms with Crippen LogP contribution in [-0.2, 0) is 4.79 Å². The van der Waals surface area contributed by atoms with Crippen LogP contribution in [0.2, 0.25) is 0 Å². The molecule has 0 fully saturated rings. The average molecular weight is 306 g/mol. The van der Waals surface area contributed by atoms with E-state index >= 15 is 0 Å². The molecule has 0 saturated heterocycles. The van der Waals surface area contributed by atoms with Crippen molar-refractivity contribution in [3.8, 4) is 0 Å². The van der Waals surface area contributed by atoms with Crippen LogP contribution in [0.4, 0.5) is 5.69 Å². The Morgan fingerprint density at radius 1 is 1.32 bits per heavy atom. The van der Waals surface area contributed by atoms with Crippen molar-refractivity contribution in [2.75, 3.05) is 5.32 Å². The van der Waals surface area contributed by atoms with Crippen LogP contribution in [0.1, 0.15) is 25.8 Å². The number of nitrogens with two attached hydrogens (primary N) is 1. The Balaban J connectivity index is 0.00000242. The van der Waals surface area contributed by atoms with Gasteiger partial charge in [0, 0.05) is 23.2 Å². The predicted molar refractivity (Wildman–Crippen MR) is 86.9 cm³/mol. The molecule has 5 N–H and O–H groups in total. The summed E-state index contributed by atoms with van der Waals surface area (Å²) in [6.45, 7) is 5.87. The van der Waals surface area contributed by atoms with Gasteiger partial charge in [-0.2, -0.15) is 0 Å². The van der Waals surface area contributed by atoms with Crippen LogP contribution < -0.4 is 16.7 Å². The van der Waals surface area contributed by atoms with Gasteiger partial charge in [-0.25, -0.2) is 4.79 Å². The summed E-state index contributed by atoms with van der Waals surface area (Å²) in [6.07, 6.45) is 0.619. The van der Waals surface area contributed by atoms with Gasteiger partial charge in [-0.3, -0.25) is 4.79 Å². The fourth-order valence-electron chi connectivity index (χ4n) is 2.25. The molecule has 0 saturated carbocycles. The third-order valence-electron chi connectivity index (χ3n) is 3.28. The first-order valence-corrected chi connectivity index (χ1v) is 6.98. The van der Waals surface area contributed by atoms with Gasteiger partial charge in [0.05, 0.1) is 6.04 Å². The van der Waals surface area contributed by atoms with Gasteiger partial charge in [-0.1, -0.05) is 13.8 Å². The number of amides is 1. The molecule has 6 nitrogen and oxygen atoms in total. The van der Waals surface area contributed by atoms with Crippen LogP contribution in [0, 0.1) is 12.8 Å². The number of hydrogen-bond donors (Lipinski definition) is 2. The smallest absolute Gasteiger partial charge is 0.336 e. The molecule has 0 aliphatic carbocycles. The summed E-state index contributed by atoms with van der Waals surface area (Å²) >= 11 is 0. The molecule has 1 atom stereocenters. The Morgan fingerprint density at radius 3 is 2.64 bits per heavy atom. The molecule has 120 valence electrons. The van der Waals surface area contributed by atoms with E-state index in [2.05, 4.69) is 5.32 Å². The van der Waals surface area contributed by atoms with E-state index in [1.54, 1.807) is 12.1 Å². The Kier molecular flexibility index (Phi) is 5.84. The van der Waals surface area contributed by atoms with Gasteiger partial charge in [-0.15, -0.1) is 0 Å². The van der Waals surface area contributed by atoms with E-state index in [0.717, 1.165) is 10.9 Å². The van der Waals surface area contributed by atoms with Crippen molar-refractivity contribution in [1.29, 1.82) is 0 Å². The second-order valence-corrected chi connectivity index (χ2v) is 5.68. The molecule has 1 aromatic carbocycles. The molecule has 2 aromatic rings. The normalized spacial score (nSPS) is 12.0. The van der Waals surface area contributed by atoms with Crippen molar-refractivity contribution in [3.05, 3.63) is 40.2 Å². The Hall–Kier alpha value is -2.18. The van der Waals surface area contributed by atoms with Gasteiger partial charge in [-0.05, 0) is 37.0 Å². The minimum Gasteiger partial charge on any atom is -0.423 e. The lowest BCUT2D eigenvalue weighted by Gasteiger charge is -2.14. The summed E-state index contributed by atoms with van der Waals surface area (Å²) in [6, 6.07) is 6.13. The molecule has 0 radical (unpaired) electrons. The second-order valence-electron chi connectivity index (χ2n) is 5.68. The number of nitrogens with one attached hydrogen (secondary N) is 1. The summed E-state index contributed by atoms with van der Waals surface area (Å²) in [7, 11) is 0. The first-order chi connectivity index (χ1) is 9.86. The number of anilines is 1. The Bertz CT molecular complexity index is 722.